The van der Waals surface area contributed by atoms with Gasteiger partial charge in [-0.05, 0) is 42.8 Å². The summed E-state index contributed by atoms with van der Waals surface area (Å²) in [6, 6.07) is 17.6. The second-order valence-corrected chi connectivity index (χ2v) is 7.04. The lowest BCUT2D eigenvalue weighted by molar-refractivity contribution is 0.0631. The van der Waals surface area contributed by atoms with Gasteiger partial charge in [-0.3, -0.25) is 19.3 Å². The van der Waals surface area contributed by atoms with Crippen molar-refractivity contribution in [3.63, 3.8) is 0 Å². The molecule has 1 aromatic heterocycles. The third-order valence-corrected chi connectivity index (χ3v) is 5.29. The summed E-state index contributed by atoms with van der Waals surface area (Å²) < 4.78 is 5.25. The fourth-order valence-corrected chi connectivity index (χ4v) is 3.46. The first kappa shape index (κ1) is 18.7. The lowest BCUT2D eigenvalue weighted by Gasteiger charge is -2.25. The van der Waals surface area contributed by atoms with E-state index in [-0.39, 0.29) is 30.0 Å². The van der Waals surface area contributed by atoms with Crippen LogP contribution in [-0.4, -0.2) is 34.6 Å². The van der Waals surface area contributed by atoms with Gasteiger partial charge in [0.1, 0.15) is 5.76 Å². The first-order chi connectivity index (χ1) is 14.0. The molecule has 146 valence electrons. The van der Waals surface area contributed by atoms with Gasteiger partial charge in [-0.25, -0.2) is 0 Å². The number of nitrogens with zero attached hydrogens (tertiary/aromatic N) is 2. The highest BCUT2D eigenvalue weighted by molar-refractivity contribution is 6.22. The van der Waals surface area contributed by atoms with E-state index in [0.29, 0.717) is 16.9 Å². The van der Waals surface area contributed by atoms with Gasteiger partial charge in [0.25, 0.3) is 17.7 Å². The summed E-state index contributed by atoms with van der Waals surface area (Å²) in [5, 5.41) is 0. The van der Waals surface area contributed by atoms with E-state index in [1.54, 1.807) is 36.2 Å². The molecule has 29 heavy (non-hydrogen) atoms. The summed E-state index contributed by atoms with van der Waals surface area (Å²) in [7, 11) is 1.73. The summed E-state index contributed by atoms with van der Waals surface area (Å²) >= 11 is 0. The largest absolute Gasteiger partial charge is 0.467 e. The molecule has 0 fully saturated rings. The Hall–Kier alpha value is -3.67. The molecule has 1 aliphatic rings. The Labute approximate surface area is 168 Å². The molecule has 0 bridgehead atoms. The molecule has 0 unspecified atom stereocenters. The first-order valence-corrected chi connectivity index (χ1v) is 9.32. The molecular formula is C23H20N2O4. The van der Waals surface area contributed by atoms with E-state index < -0.39 is 5.91 Å². The number of amides is 3. The molecule has 2 aromatic carbocycles. The van der Waals surface area contributed by atoms with Gasteiger partial charge in [-0.2, -0.15) is 0 Å². The van der Waals surface area contributed by atoms with Crippen molar-refractivity contribution < 1.29 is 18.8 Å². The Kier molecular flexibility index (Phi) is 4.76. The van der Waals surface area contributed by atoms with E-state index in [9.17, 15) is 14.4 Å². The number of fused-ring (bicyclic) bond motifs is 1. The van der Waals surface area contributed by atoms with E-state index in [0.717, 1.165) is 10.5 Å². The van der Waals surface area contributed by atoms with Gasteiger partial charge in [-0.15, -0.1) is 0 Å². The maximum Gasteiger partial charge on any atom is 0.261 e. The van der Waals surface area contributed by atoms with Crippen LogP contribution in [0.15, 0.2) is 71.3 Å². The molecule has 3 aromatic rings. The van der Waals surface area contributed by atoms with E-state index in [1.807, 2.05) is 37.3 Å². The van der Waals surface area contributed by atoms with Gasteiger partial charge in [0.15, 0.2) is 0 Å². The molecular weight excluding hydrogens is 368 g/mol. The molecule has 0 saturated carbocycles. The number of rotatable bonds is 5. The van der Waals surface area contributed by atoms with Crippen LogP contribution in [0.3, 0.4) is 0 Å². The number of hydrogen-bond donors (Lipinski definition) is 0. The smallest absolute Gasteiger partial charge is 0.261 e. The van der Waals surface area contributed by atoms with E-state index in [4.69, 9.17) is 4.42 Å². The van der Waals surface area contributed by atoms with Crippen LogP contribution in [0.1, 0.15) is 55.4 Å². The number of carbonyl (C=O) groups excluding carboxylic acids is 3. The highest BCUT2D eigenvalue weighted by atomic mass is 16.3. The maximum absolute atomic E-state index is 13.0. The van der Waals surface area contributed by atoms with Gasteiger partial charge < -0.3 is 9.32 Å². The average molecular weight is 388 g/mol. The molecule has 1 atom stereocenters. The molecule has 6 nitrogen and oxygen atoms in total. The van der Waals surface area contributed by atoms with E-state index in [1.165, 1.54) is 12.3 Å². The Bertz CT molecular complexity index is 1070. The molecule has 3 amide bonds. The van der Waals surface area contributed by atoms with Crippen LogP contribution in [0.2, 0.25) is 0 Å². The topological polar surface area (TPSA) is 70.8 Å². The second kappa shape index (κ2) is 7.39. The standard InChI is InChI=1S/C23H20N2O4/c1-15(16-7-4-3-5-8-16)24(2)21(26)17-10-11-19-20(13-17)23(28)25(22(19)27)14-18-9-6-12-29-18/h3-13,15H,14H2,1-2H3/t15-/m1/s1. The molecule has 0 spiro atoms. The third-order valence-electron chi connectivity index (χ3n) is 5.29. The molecule has 4 rings (SSSR count). The highest BCUT2D eigenvalue weighted by Gasteiger charge is 2.36. The molecule has 0 radical (unpaired) electrons. The summed E-state index contributed by atoms with van der Waals surface area (Å²) in [6.45, 7) is 2.01. The van der Waals surface area contributed by atoms with Crippen LogP contribution in [-0.2, 0) is 6.54 Å². The summed E-state index contributed by atoms with van der Waals surface area (Å²) in [5.41, 5.74) is 1.93. The molecule has 0 aliphatic carbocycles. The zero-order valence-electron chi connectivity index (χ0n) is 16.2. The average Bonchev–Trinajstić information content (AvgIpc) is 3.35. The maximum atomic E-state index is 13.0. The van der Waals surface area contributed by atoms with Crippen LogP contribution in [0.25, 0.3) is 0 Å². The van der Waals surface area contributed by atoms with E-state index >= 15 is 0 Å². The Morgan fingerprint density at radius 1 is 1.00 bits per heavy atom. The molecule has 1 aliphatic heterocycles. The molecule has 2 heterocycles. The predicted octanol–water partition coefficient (Wildman–Crippen LogP) is 3.91. The fourth-order valence-electron chi connectivity index (χ4n) is 3.46. The lowest BCUT2D eigenvalue weighted by atomic mass is 10.0. The minimum Gasteiger partial charge on any atom is -0.467 e. The Morgan fingerprint density at radius 3 is 2.41 bits per heavy atom. The first-order valence-electron chi connectivity index (χ1n) is 9.32. The van der Waals surface area contributed by atoms with Crippen LogP contribution in [0.4, 0.5) is 0 Å². The summed E-state index contributed by atoms with van der Waals surface area (Å²) in [5.74, 6) is -0.498. The quantitative estimate of drug-likeness (QED) is 0.622. The van der Waals surface area contributed by atoms with Crippen molar-refractivity contribution in [2.45, 2.75) is 19.5 Å². The van der Waals surface area contributed by atoms with Crippen LogP contribution >= 0.6 is 0 Å². The summed E-state index contributed by atoms with van der Waals surface area (Å²) in [4.78, 5) is 41.1. The van der Waals surface area contributed by atoms with Crippen molar-refractivity contribution in [3.05, 3.63) is 94.9 Å². The van der Waals surface area contributed by atoms with Crippen LogP contribution in [0, 0.1) is 0 Å². The minimum atomic E-state index is -0.421. The van der Waals surface area contributed by atoms with Crippen molar-refractivity contribution in [3.8, 4) is 0 Å². The van der Waals surface area contributed by atoms with Gasteiger partial charge in [-0.1, -0.05) is 30.3 Å². The summed E-state index contributed by atoms with van der Waals surface area (Å²) in [6.07, 6.45) is 1.49. The SMILES string of the molecule is C[C@H](c1ccccc1)N(C)C(=O)c1ccc2c(c1)C(=O)N(Cc1ccco1)C2=O. The number of hydrogen-bond acceptors (Lipinski definition) is 4. The zero-order valence-corrected chi connectivity index (χ0v) is 16.2. The Balaban J connectivity index is 1.58. The number of benzene rings is 2. The Morgan fingerprint density at radius 2 is 1.72 bits per heavy atom. The van der Waals surface area contributed by atoms with Gasteiger partial charge in [0.05, 0.1) is 30.0 Å². The monoisotopic (exact) mass is 388 g/mol. The van der Waals surface area contributed by atoms with E-state index in [2.05, 4.69) is 0 Å². The van der Waals surface area contributed by atoms with Crippen LogP contribution in [0.5, 0.6) is 0 Å². The number of furan rings is 1. The third kappa shape index (κ3) is 3.33. The van der Waals surface area contributed by atoms with Gasteiger partial charge >= 0.3 is 0 Å². The number of imide groups is 1. The lowest BCUT2D eigenvalue weighted by Crippen LogP contribution is -2.30. The minimum absolute atomic E-state index is 0.0631. The molecule has 0 saturated heterocycles. The van der Waals surface area contributed by atoms with Crippen molar-refractivity contribution in [1.29, 1.82) is 0 Å². The van der Waals surface area contributed by atoms with Crippen molar-refractivity contribution in [2.75, 3.05) is 7.05 Å². The highest BCUT2D eigenvalue weighted by Crippen LogP contribution is 2.27. The van der Waals surface area contributed by atoms with Crippen molar-refractivity contribution in [2.24, 2.45) is 0 Å². The fraction of sp³-hybridized carbons (Fsp3) is 0.174. The van der Waals surface area contributed by atoms with Crippen LogP contribution < -0.4 is 0 Å². The van der Waals surface area contributed by atoms with Crippen molar-refractivity contribution >= 4 is 17.7 Å². The van der Waals surface area contributed by atoms with Gasteiger partial charge in [0.2, 0.25) is 0 Å². The zero-order chi connectivity index (χ0) is 20.5. The van der Waals surface area contributed by atoms with Crippen molar-refractivity contribution in [1.82, 2.24) is 9.80 Å². The number of carbonyl (C=O) groups is 3. The predicted molar refractivity (Wildman–Crippen MR) is 106 cm³/mol. The van der Waals surface area contributed by atoms with Gasteiger partial charge in [0, 0.05) is 12.6 Å². The molecule has 6 heteroatoms. The molecule has 0 N–H and O–H groups in total. The normalized spacial score (nSPS) is 14.1. The second-order valence-electron chi connectivity index (χ2n) is 7.04.